The maximum Gasteiger partial charge on any atom is 0.407 e. The number of ether oxygens (including phenoxy) is 1. The molecule has 0 aliphatic heterocycles. The van der Waals surface area contributed by atoms with Gasteiger partial charge in [0, 0.05) is 17.7 Å². The maximum atomic E-state index is 13.4. The third-order valence-electron chi connectivity index (χ3n) is 5.52. The zero-order chi connectivity index (χ0) is 24.2. The Bertz CT molecular complexity index is 1220. The van der Waals surface area contributed by atoms with E-state index in [0.29, 0.717) is 0 Å². The number of alkyl carbamates (subject to hydrolysis) is 1. The predicted molar refractivity (Wildman–Crippen MR) is 119 cm³/mol. The molecule has 0 heterocycles. The van der Waals surface area contributed by atoms with E-state index < -0.39 is 42.1 Å². The van der Waals surface area contributed by atoms with Crippen LogP contribution in [0.3, 0.4) is 0 Å². The third-order valence-corrected chi connectivity index (χ3v) is 5.52. The number of nitrogens with one attached hydrogen (secondary N) is 2. The van der Waals surface area contributed by atoms with Crippen molar-refractivity contribution < 1.29 is 33.0 Å². The van der Waals surface area contributed by atoms with Crippen LogP contribution in [0.1, 0.15) is 23.5 Å². The number of fused-ring (bicyclic) bond motifs is 3. The largest absolute Gasteiger partial charge is 0.481 e. The molecule has 1 aliphatic rings. The Morgan fingerprint density at radius 3 is 2.12 bits per heavy atom. The van der Waals surface area contributed by atoms with Crippen LogP contribution in [0.2, 0.25) is 0 Å². The molecule has 0 radical (unpaired) electrons. The summed E-state index contributed by atoms with van der Waals surface area (Å²) in [5.74, 6) is -4.76. The molecule has 0 bridgehead atoms. The molecule has 1 unspecified atom stereocenters. The van der Waals surface area contributed by atoms with Gasteiger partial charge < -0.3 is 20.5 Å². The first-order valence-electron chi connectivity index (χ1n) is 10.4. The summed E-state index contributed by atoms with van der Waals surface area (Å²) in [7, 11) is 0. The Balaban J connectivity index is 1.43. The predicted octanol–water partition coefficient (Wildman–Crippen LogP) is 4.29. The van der Waals surface area contributed by atoms with Crippen molar-refractivity contribution in [1.82, 2.24) is 5.32 Å². The molecule has 3 aromatic carbocycles. The van der Waals surface area contributed by atoms with Gasteiger partial charge in [-0.1, -0.05) is 48.5 Å². The Morgan fingerprint density at radius 1 is 0.912 bits per heavy atom. The highest BCUT2D eigenvalue weighted by atomic mass is 19.2. The number of carbonyl (C=O) groups excluding carboxylic acids is 2. The smallest absolute Gasteiger partial charge is 0.407 e. The first-order valence-corrected chi connectivity index (χ1v) is 10.4. The second-order valence-corrected chi connectivity index (χ2v) is 7.74. The van der Waals surface area contributed by atoms with Gasteiger partial charge in [0.2, 0.25) is 5.91 Å². The lowest BCUT2D eigenvalue weighted by Crippen LogP contribution is -2.45. The van der Waals surface area contributed by atoms with Crippen molar-refractivity contribution in [3.05, 3.63) is 89.5 Å². The number of anilines is 1. The van der Waals surface area contributed by atoms with Crippen LogP contribution in [0, 0.1) is 11.6 Å². The van der Waals surface area contributed by atoms with Gasteiger partial charge >= 0.3 is 12.1 Å². The summed E-state index contributed by atoms with van der Waals surface area (Å²) in [5, 5.41) is 13.6. The lowest BCUT2D eigenvalue weighted by Gasteiger charge is -2.19. The Hall–Kier alpha value is -4.27. The van der Waals surface area contributed by atoms with E-state index in [0.717, 1.165) is 40.5 Å². The highest BCUT2D eigenvalue weighted by Crippen LogP contribution is 2.44. The first kappa shape index (κ1) is 22.9. The summed E-state index contributed by atoms with van der Waals surface area (Å²) in [5.41, 5.74) is 3.99. The van der Waals surface area contributed by atoms with Crippen LogP contribution >= 0.6 is 0 Å². The van der Waals surface area contributed by atoms with Crippen molar-refractivity contribution in [3.8, 4) is 11.1 Å². The molecule has 34 heavy (non-hydrogen) atoms. The molecule has 0 aromatic heterocycles. The van der Waals surface area contributed by atoms with Crippen LogP contribution in [0.4, 0.5) is 19.3 Å². The highest BCUT2D eigenvalue weighted by Gasteiger charge is 2.30. The standard InChI is InChI=1S/C25H20F2N2O5/c26-20-10-9-14(11-21(20)27)28-24(32)22(12-23(30)31)29-25(33)34-13-19-17-7-3-1-5-15(17)16-6-2-4-8-18(16)19/h1-11,19,22H,12-13H2,(H,28,32)(H,29,33)(H,30,31). The van der Waals surface area contributed by atoms with Crippen molar-refractivity contribution in [2.24, 2.45) is 0 Å². The molecule has 7 nitrogen and oxygen atoms in total. The lowest BCUT2D eigenvalue weighted by molar-refractivity contribution is -0.139. The highest BCUT2D eigenvalue weighted by molar-refractivity contribution is 5.98. The average Bonchev–Trinajstić information content (AvgIpc) is 3.13. The molecule has 0 spiro atoms. The molecule has 4 rings (SSSR count). The molecule has 0 fully saturated rings. The molecule has 9 heteroatoms. The van der Waals surface area contributed by atoms with Crippen molar-refractivity contribution in [2.75, 3.05) is 11.9 Å². The zero-order valence-corrected chi connectivity index (χ0v) is 17.8. The number of hydrogen-bond donors (Lipinski definition) is 3. The van der Waals surface area contributed by atoms with Gasteiger partial charge in [-0.15, -0.1) is 0 Å². The summed E-state index contributed by atoms with van der Waals surface area (Å²) < 4.78 is 31.9. The second kappa shape index (κ2) is 9.70. The fraction of sp³-hybridized carbons (Fsp3) is 0.160. The lowest BCUT2D eigenvalue weighted by atomic mass is 9.98. The van der Waals surface area contributed by atoms with Gasteiger partial charge in [-0.05, 0) is 34.4 Å². The monoisotopic (exact) mass is 466 g/mol. The molecule has 0 saturated heterocycles. The molecule has 2 amide bonds. The summed E-state index contributed by atoms with van der Waals surface area (Å²) in [4.78, 5) is 36.2. The Kier molecular flexibility index (Phi) is 6.53. The minimum atomic E-state index is -1.50. The molecule has 174 valence electrons. The van der Waals surface area contributed by atoms with Crippen LogP contribution < -0.4 is 10.6 Å². The Labute approximate surface area is 193 Å². The van der Waals surface area contributed by atoms with E-state index in [1.165, 1.54) is 0 Å². The van der Waals surface area contributed by atoms with E-state index in [1.807, 2.05) is 48.5 Å². The number of carbonyl (C=O) groups is 3. The van der Waals surface area contributed by atoms with Crippen molar-refractivity contribution in [2.45, 2.75) is 18.4 Å². The number of halogens is 2. The van der Waals surface area contributed by atoms with Gasteiger partial charge in [0.25, 0.3) is 0 Å². The molecule has 0 saturated carbocycles. The molecule has 1 aliphatic carbocycles. The van der Waals surface area contributed by atoms with Gasteiger partial charge in [0.1, 0.15) is 12.6 Å². The van der Waals surface area contributed by atoms with Crippen LogP contribution in [-0.4, -0.2) is 35.7 Å². The molecular weight excluding hydrogens is 446 g/mol. The number of rotatable bonds is 7. The van der Waals surface area contributed by atoms with E-state index in [2.05, 4.69) is 10.6 Å². The number of aliphatic carboxylic acids is 1. The van der Waals surface area contributed by atoms with Crippen LogP contribution in [0.5, 0.6) is 0 Å². The summed E-state index contributed by atoms with van der Waals surface area (Å²) in [6.45, 7) is -0.0234. The van der Waals surface area contributed by atoms with Crippen LogP contribution in [0.25, 0.3) is 11.1 Å². The van der Waals surface area contributed by atoms with Crippen molar-refractivity contribution >= 4 is 23.7 Å². The molecule has 3 aromatic rings. The maximum absolute atomic E-state index is 13.4. The van der Waals surface area contributed by atoms with Gasteiger partial charge in [-0.3, -0.25) is 9.59 Å². The van der Waals surface area contributed by atoms with Crippen LogP contribution in [0.15, 0.2) is 66.7 Å². The number of benzene rings is 3. The average molecular weight is 466 g/mol. The quantitative estimate of drug-likeness (QED) is 0.482. The van der Waals surface area contributed by atoms with E-state index in [-0.39, 0.29) is 18.2 Å². The zero-order valence-electron chi connectivity index (χ0n) is 17.8. The van der Waals surface area contributed by atoms with Gasteiger partial charge in [0.05, 0.1) is 6.42 Å². The van der Waals surface area contributed by atoms with Crippen molar-refractivity contribution in [3.63, 3.8) is 0 Å². The summed E-state index contributed by atoms with van der Waals surface area (Å²) in [6.07, 6.45) is -1.71. The minimum absolute atomic E-state index is 0.0234. The number of hydrogen-bond acceptors (Lipinski definition) is 4. The SMILES string of the molecule is O=C(O)CC(NC(=O)OCC1c2ccccc2-c2ccccc21)C(=O)Nc1ccc(F)c(F)c1. The second-order valence-electron chi connectivity index (χ2n) is 7.74. The van der Waals surface area contributed by atoms with Crippen molar-refractivity contribution in [1.29, 1.82) is 0 Å². The van der Waals surface area contributed by atoms with Gasteiger partial charge in [0.15, 0.2) is 11.6 Å². The molecular formula is C25H20F2N2O5. The normalized spacial score (nSPS) is 12.9. The number of carboxylic acid groups (broad SMARTS) is 1. The van der Waals surface area contributed by atoms with E-state index in [4.69, 9.17) is 9.84 Å². The summed E-state index contributed by atoms with van der Waals surface area (Å²) in [6, 6.07) is 16.7. The van der Waals surface area contributed by atoms with E-state index >= 15 is 0 Å². The number of amides is 2. The first-order chi connectivity index (χ1) is 16.3. The Morgan fingerprint density at radius 2 is 1.53 bits per heavy atom. The van der Waals surface area contributed by atoms with E-state index in [9.17, 15) is 23.2 Å². The van der Waals surface area contributed by atoms with E-state index in [1.54, 1.807) is 0 Å². The molecule has 3 N–H and O–H groups in total. The fourth-order valence-electron chi connectivity index (χ4n) is 3.97. The third kappa shape index (κ3) is 4.88. The van der Waals surface area contributed by atoms with Gasteiger partial charge in [-0.25, -0.2) is 13.6 Å². The topological polar surface area (TPSA) is 105 Å². The summed E-state index contributed by atoms with van der Waals surface area (Å²) >= 11 is 0. The molecule has 1 atom stereocenters. The van der Waals surface area contributed by atoms with Gasteiger partial charge in [-0.2, -0.15) is 0 Å². The minimum Gasteiger partial charge on any atom is -0.481 e. The van der Waals surface area contributed by atoms with Crippen LogP contribution in [-0.2, 0) is 14.3 Å². The fourth-order valence-corrected chi connectivity index (χ4v) is 3.97. The number of carboxylic acids is 1.